The Morgan fingerprint density at radius 3 is 2.90 bits per heavy atom. The topological polar surface area (TPSA) is 35.8 Å². The molecule has 0 bridgehead atoms. The van der Waals surface area contributed by atoms with Gasteiger partial charge in [-0.05, 0) is 52.7 Å². The molecule has 0 aliphatic rings. The summed E-state index contributed by atoms with van der Waals surface area (Å²) >= 11 is 1.71. The maximum Gasteiger partial charge on any atom is 0.140 e. The van der Waals surface area contributed by atoms with Crippen LogP contribution in [-0.2, 0) is 6.54 Å². The maximum absolute atomic E-state index is 13.2. The Hall–Kier alpha value is -2.38. The zero-order chi connectivity index (χ0) is 13.9. The Morgan fingerprint density at radius 2 is 2.05 bits per heavy atom. The second-order valence-corrected chi connectivity index (χ2v) is 5.40. The monoisotopic (exact) mass is 282 g/mol. The van der Waals surface area contributed by atoms with Gasteiger partial charge in [-0.1, -0.05) is 6.07 Å². The predicted octanol–water partition coefficient (Wildman–Crippen LogP) is 4.52. The molecule has 98 valence electrons. The first-order valence-electron chi connectivity index (χ1n) is 6.16. The molecule has 0 amide bonds. The number of nitrogens with one attached hydrogen (secondary N) is 1. The second kappa shape index (κ2) is 5.32. The predicted molar refractivity (Wildman–Crippen MR) is 80.3 cm³/mol. The summed E-state index contributed by atoms with van der Waals surface area (Å²) in [5, 5.41) is 15.4. The quantitative estimate of drug-likeness (QED) is 0.766. The van der Waals surface area contributed by atoms with Crippen molar-refractivity contribution in [2.24, 2.45) is 0 Å². The van der Waals surface area contributed by atoms with E-state index in [0.717, 1.165) is 11.3 Å². The molecule has 0 spiro atoms. The van der Waals surface area contributed by atoms with E-state index < -0.39 is 5.82 Å². The summed E-state index contributed by atoms with van der Waals surface area (Å²) in [5.41, 5.74) is 1.98. The second-order valence-electron chi connectivity index (χ2n) is 4.45. The van der Waals surface area contributed by atoms with Crippen LogP contribution < -0.4 is 5.32 Å². The van der Waals surface area contributed by atoms with Crippen molar-refractivity contribution >= 4 is 27.1 Å². The first kappa shape index (κ1) is 12.6. The van der Waals surface area contributed by atoms with Gasteiger partial charge in [0.25, 0.3) is 0 Å². The minimum Gasteiger partial charge on any atom is -0.381 e. The molecule has 2 nitrogen and oxygen atoms in total. The Bertz CT molecular complexity index is 802. The lowest BCUT2D eigenvalue weighted by molar-refractivity contribution is 0.623. The first-order valence-corrected chi connectivity index (χ1v) is 7.04. The van der Waals surface area contributed by atoms with Crippen molar-refractivity contribution in [2.45, 2.75) is 6.54 Å². The average molecular weight is 282 g/mol. The molecule has 0 aliphatic heterocycles. The lowest BCUT2D eigenvalue weighted by atomic mass is 10.1. The van der Waals surface area contributed by atoms with Crippen LogP contribution in [-0.4, -0.2) is 0 Å². The van der Waals surface area contributed by atoms with E-state index in [1.54, 1.807) is 23.5 Å². The molecule has 0 aliphatic carbocycles. The van der Waals surface area contributed by atoms with Gasteiger partial charge in [0.1, 0.15) is 11.9 Å². The zero-order valence-electron chi connectivity index (χ0n) is 10.6. The van der Waals surface area contributed by atoms with Gasteiger partial charge in [0.05, 0.1) is 5.56 Å². The largest absolute Gasteiger partial charge is 0.381 e. The molecule has 0 saturated carbocycles. The van der Waals surface area contributed by atoms with Gasteiger partial charge in [-0.2, -0.15) is 5.26 Å². The van der Waals surface area contributed by atoms with Crippen molar-refractivity contribution in [2.75, 3.05) is 5.32 Å². The molecule has 0 unspecified atom stereocenters. The molecule has 2 aromatic carbocycles. The van der Waals surface area contributed by atoms with Crippen LogP contribution in [0.25, 0.3) is 10.1 Å². The van der Waals surface area contributed by atoms with Gasteiger partial charge >= 0.3 is 0 Å². The third-order valence-electron chi connectivity index (χ3n) is 3.10. The van der Waals surface area contributed by atoms with Crippen LogP contribution in [0.4, 0.5) is 10.1 Å². The summed E-state index contributed by atoms with van der Waals surface area (Å²) in [6, 6.07) is 14.7. The van der Waals surface area contributed by atoms with E-state index >= 15 is 0 Å². The fraction of sp³-hybridized carbons (Fsp3) is 0.0625. The Labute approximate surface area is 120 Å². The molecule has 0 atom stereocenters. The van der Waals surface area contributed by atoms with Crippen molar-refractivity contribution in [3.63, 3.8) is 0 Å². The highest BCUT2D eigenvalue weighted by Gasteiger charge is 2.03. The summed E-state index contributed by atoms with van der Waals surface area (Å²) < 4.78 is 14.5. The number of anilines is 1. The number of nitriles is 1. The van der Waals surface area contributed by atoms with Gasteiger partial charge in [0.2, 0.25) is 0 Å². The van der Waals surface area contributed by atoms with Gasteiger partial charge in [0.15, 0.2) is 0 Å². The number of nitrogens with zero attached hydrogens (tertiary/aromatic N) is 1. The first-order chi connectivity index (χ1) is 9.76. The van der Waals surface area contributed by atoms with Crippen LogP contribution in [0.5, 0.6) is 0 Å². The third kappa shape index (κ3) is 2.49. The summed E-state index contributed by atoms with van der Waals surface area (Å²) in [6.07, 6.45) is 0. The summed E-state index contributed by atoms with van der Waals surface area (Å²) in [7, 11) is 0. The summed E-state index contributed by atoms with van der Waals surface area (Å²) in [4.78, 5) is 0. The molecule has 4 heteroatoms. The number of rotatable bonds is 3. The van der Waals surface area contributed by atoms with E-state index in [-0.39, 0.29) is 5.56 Å². The molecule has 20 heavy (non-hydrogen) atoms. The number of halogens is 1. The van der Waals surface area contributed by atoms with Gasteiger partial charge < -0.3 is 5.32 Å². The number of hydrogen-bond donors (Lipinski definition) is 1. The van der Waals surface area contributed by atoms with Gasteiger partial charge in [-0.15, -0.1) is 11.3 Å². The van der Waals surface area contributed by atoms with E-state index in [4.69, 9.17) is 5.26 Å². The van der Waals surface area contributed by atoms with Crippen LogP contribution in [0.15, 0.2) is 47.8 Å². The number of fused-ring (bicyclic) bond motifs is 1. The summed E-state index contributed by atoms with van der Waals surface area (Å²) in [6.45, 7) is 0.560. The smallest absolute Gasteiger partial charge is 0.140 e. The van der Waals surface area contributed by atoms with E-state index in [0.29, 0.717) is 6.54 Å². The fourth-order valence-corrected chi connectivity index (χ4v) is 2.82. The summed E-state index contributed by atoms with van der Waals surface area (Å²) in [5.74, 6) is -0.476. The SMILES string of the molecule is N#Cc1cc(CNc2ccc3sccc3c2)ccc1F. The van der Waals surface area contributed by atoms with Crippen LogP contribution in [0.3, 0.4) is 0 Å². The van der Waals surface area contributed by atoms with E-state index in [1.807, 2.05) is 12.1 Å². The van der Waals surface area contributed by atoms with Crippen LogP contribution in [0.2, 0.25) is 0 Å². The Kier molecular flexibility index (Phi) is 3.36. The normalized spacial score (nSPS) is 10.4. The van der Waals surface area contributed by atoms with Crippen molar-refractivity contribution in [1.29, 1.82) is 5.26 Å². The average Bonchev–Trinajstić information content (AvgIpc) is 2.94. The molecule has 0 radical (unpaired) electrons. The minimum absolute atomic E-state index is 0.0811. The van der Waals surface area contributed by atoms with E-state index in [1.165, 1.54) is 16.2 Å². The molecular weight excluding hydrogens is 271 g/mol. The Morgan fingerprint density at radius 1 is 1.15 bits per heavy atom. The van der Waals surface area contributed by atoms with Crippen molar-refractivity contribution in [1.82, 2.24) is 0 Å². The molecule has 1 heterocycles. The highest BCUT2D eigenvalue weighted by molar-refractivity contribution is 7.17. The standard InChI is InChI=1S/C16H11FN2S/c17-15-3-1-11(7-13(15)9-18)10-19-14-2-4-16-12(8-14)5-6-20-16/h1-8,19H,10H2. The highest BCUT2D eigenvalue weighted by Crippen LogP contribution is 2.24. The maximum atomic E-state index is 13.2. The lowest BCUT2D eigenvalue weighted by Crippen LogP contribution is -2.00. The molecular formula is C16H11FN2S. The molecule has 0 saturated heterocycles. The molecule has 1 N–H and O–H groups in total. The number of benzene rings is 2. The Balaban J connectivity index is 1.77. The van der Waals surface area contributed by atoms with Crippen LogP contribution >= 0.6 is 11.3 Å². The van der Waals surface area contributed by atoms with Gasteiger partial charge in [-0.3, -0.25) is 0 Å². The van der Waals surface area contributed by atoms with E-state index in [2.05, 4.69) is 28.9 Å². The van der Waals surface area contributed by atoms with Crippen LogP contribution in [0.1, 0.15) is 11.1 Å². The zero-order valence-corrected chi connectivity index (χ0v) is 11.4. The number of thiophene rings is 1. The highest BCUT2D eigenvalue weighted by atomic mass is 32.1. The van der Waals surface area contributed by atoms with Gasteiger partial charge in [-0.25, -0.2) is 4.39 Å². The minimum atomic E-state index is -0.476. The van der Waals surface area contributed by atoms with Gasteiger partial charge in [0, 0.05) is 16.9 Å². The molecule has 3 rings (SSSR count). The molecule has 0 fully saturated rings. The van der Waals surface area contributed by atoms with Crippen molar-refractivity contribution in [3.8, 4) is 6.07 Å². The molecule has 3 aromatic rings. The lowest BCUT2D eigenvalue weighted by Gasteiger charge is -2.07. The molecule has 1 aromatic heterocycles. The number of hydrogen-bond acceptors (Lipinski definition) is 3. The fourth-order valence-electron chi connectivity index (χ4n) is 2.05. The van der Waals surface area contributed by atoms with E-state index in [9.17, 15) is 4.39 Å². The van der Waals surface area contributed by atoms with Crippen molar-refractivity contribution in [3.05, 3.63) is 64.8 Å². The van der Waals surface area contributed by atoms with Crippen molar-refractivity contribution < 1.29 is 4.39 Å². The van der Waals surface area contributed by atoms with Crippen LogP contribution in [0, 0.1) is 17.1 Å². The third-order valence-corrected chi connectivity index (χ3v) is 4.00.